The Balaban J connectivity index is 1.46. The molecule has 33 heavy (non-hydrogen) atoms. The van der Waals surface area contributed by atoms with E-state index in [0.717, 1.165) is 30.4 Å². The van der Waals surface area contributed by atoms with Gasteiger partial charge in [-0.05, 0) is 37.3 Å². The van der Waals surface area contributed by atoms with E-state index in [-0.39, 0.29) is 17.5 Å². The van der Waals surface area contributed by atoms with E-state index in [1.165, 1.54) is 75.8 Å². The molecule has 1 unspecified atom stereocenters. The summed E-state index contributed by atoms with van der Waals surface area (Å²) in [5.41, 5.74) is 2.83. The first kappa shape index (κ1) is 26.8. The maximum Gasteiger partial charge on any atom is 0.193 e. The highest BCUT2D eigenvalue weighted by Gasteiger charge is 2.12. The summed E-state index contributed by atoms with van der Waals surface area (Å²) < 4.78 is 0. The molecular formula is C31H42O2. The van der Waals surface area contributed by atoms with Gasteiger partial charge in [-0.15, -0.1) is 0 Å². The lowest BCUT2D eigenvalue weighted by atomic mass is 9.94. The molecule has 0 saturated carbocycles. The van der Waals surface area contributed by atoms with Gasteiger partial charge in [-0.25, -0.2) is 0 Å². The third-order valence-corrected chi connectivity index (χ3v) is 6.62. The molecule has 178 valence electrons. The van der Waals surface area contributed by atoms with Gasteiger partial charge < -0.3 is 0 Å². The van der Waals surface area contributed by atoms with Crippen LogP contribution in [0.4, 0.5) is 0 Å². The zero-order chi connectivity index (χ0) is 23.7. The van der Waals surface area contributed by atoms with Crippen molar-refractivity contribution < 1.29 is 9.59 Å². The van der Waals surface area contributed by atoms with Crippen LogP contribution in [0, 0.1) is 5.92 Å². The number of unbranched alkanes of at least 4 members (excludes halogenated alkanes) is 9. The number of carbonyl (C=O) groups excluding carboxylic acids is 2. The van der Waals surface area contributed by atoms with Crippen LogP contribution >= 0.6 is 0 Å². The molecule has 0 heterocycles. The largest absolute Gasteiger partial charge is 0.295 e. The molecule has 0 radical (unpaired) electrons. The normalized spacial score (nSPS) is 11.8. The van der Waals surface area contributed by atoms with E-state index in [4.69, 9.17) is 0 Å². The summed E-state index contributed by atoms with van der Waals surface area (Å²) in [5, 5.41) is 0. The standard InChI is InChI=1S/C31H42O2/c1-3-27(30(32)4-2)19-15-12-10-8-6-5-7-9-11-14-18-26-22-24-29(25-23-26)31(33)28-20-16-13-17-21-28/h4,13,16-17,20-25,27H,2-3,5-12,14-15,18-19H2,1H3. The molecule has 0 amide bonds. The number of carbonyl (C=O) groups is 2. The maximum absolute atomic E-state index is 12.5. The summed E-state index contributed by atoms with van der Waals surface area (Å²) >= 11 is 0. The van der Waals surface area contributed by atoms with E-state index >= 15 is 0 Å². The van der Waals surface area contributed by atoms with Crippen LogP contribution in [0.15, 0.2) is 67.3 Å². The lowest BCUT2D eigenvalue weighted by molar-refractivity contribution is -0.118. The molecule has 0 spiro atoms. The Morgan fingerprint density at radius 2 is 1.24 bits per heavy atom. The lowest BCUT2D eigenvalue weighted by Crippen LogP contribution is -2.10. The van der Waals surface area contributed by atoms with Crippen molar-refractivity contribution in [3.63, 3.8) is 0 Å². The van der Waals surface area contributed by atoms with E-state index in [0.29, 0.717) is 0 Å². The van der Waals surface area contributed by atoms with E-state index in [1.807, 2.05) is 42.5 Å². The van der Waals surface area contributed by atoms with Crippen LogP contribution in [0.25, 0.3) is 0 Å². The molecule has 2 heteroatoms. The Hall–Kier alpha value is -2.48. The van der Waals surface area contributed by atoms with E-state index < -0.39 is 0 Å². The van der Waals surface area contributed by atoms with Crippen LogP contribution in [-0.4, -0.2) is 11.6 Å². The Kier molecular flexibility index (Phi) is 13.1. The SMILES string of the molecule is C=CC(=O)C(CC)CCCCCCCCCCCCc1ccc(C(=O)c2ccccc2)cc1. The first-order valence-corrected chi connectivity index (χ1v) is 13.0. The number of rotatable bonds is 18. The fourth-order valence-electron chi connectivity index (χ4n) is 4.43. The highest BCUT2D eigenvalue weighted by atomic mass is 16.1. The van der Waals surface area contributed by atoms with Gasteiger partial charge in [0.2, 0.25) is 0 Å². The number of benzene rings is 2. The molecule has 2 aromatic rings. The average Bonchev–Trinajstić information content (AvgIpc) is 2.87. The molecule has 0 aliphatic heterocycles. The smallest absolute Gasteiger partial charge is 0.193 e. The zero-order valence-electron chi connectivity index (χ0n) is 20.6. The van der Waals surface area contributed by atoms with Crippen molar-refractivity contribution in [2.45, 2.75) is 90.4 Å². The van der Waals surface area contributed by atoms with Crippen LogP contribution in [0.3, 0.4) is 0 Å². The number of ketones is 2. The molecule has 0 N–H and O–H groups in total. The van der Waals surface area contributed by atoms with Crippen LogP contribution in [-0.2, 0) is 11.2 Å². The summed E-state index contributed by atoms with van der Waals surface area (Å²) in [7, 11) is 0. The third-order valence-electron chi connectivity index (χ3n) is 6.62. The molecule has 0 saturated heterocycles. The molecule has 1 atom stereocenters. The van der Waals surface area contributed by atoms with Crippen molar-refractivity contribution in [1.29, 1.82) is 0 Å². The van der Waals surface area contributed by atoms with Gasteiger partial charge in [-0.3, -0.25) is 9.59 Å². The van der Waals surface area contributed by atoms with Crippen LogP contribution in [0.1, 0.15) is 105 Å². The van der Waals surface area contributed by atoms with Crippen molar-refractivity contribution in [3.8, 4) is 0 Å². The lowest BCUT2D eigenvalue weighted by Gasteiger charge is -2.10. The monoisotopic (exact) mass is 446 g/mol. The minimum Gasteiger partial charge on any atom is -0.295 e. The summed E-state index contributed by atoms with van der Waals surface area (Å²) in [4.78, 5) is 24.2. The molecule has 0 bridgehead atoms. The fraction of sp³-hybridized carbons (Fsp3) is 0.484. The second-order valence-electron chi connectivity index (χ2n) is 9.18. The summed E-state index contributed by atoms with van der Waals surface area (Å²) in [6, 6.07) is 17.6. The maximum atomic E-state index is 12.5. The predicted octanol–water partition coefficient (Wildman–Crippen LogP) is 8.53. The zero-order valence-corrected chi connectivity index (χ0v) is 20.6. The van der Waals surface area contributed by atoms with Crippen LogP contribution < -0.4 is 0 Å². The molecular weight excluding hydrogens is 404 g/mol. The van der Waals surface area contributed by atoms with Gasteiger partial charge in [0.1, 0.15) is 0 Å². The summed E-state index contributed by atoms with van der Waals surface area (Å²) in [6.45, 7) is 5.70. The molecule has 2 aromatic carbocycles. The fourth-order valence-corrected chi connectivity index (χ4v) is 4.43. The Morgan fingerprint density at radius 1 is 0.727 bits per heavy atom. The van der Waals surface area contributed by atoms with Crippen molar-refractivity contribution in [3.05, 3.63) is 83.9 Å². The van der Waals surface area contributed by atoms with Gasteiger partial charge in [-0.2, -0.15) is 0 Å². The van der Waals surface area contributed by atoms with Gasteiger partial charge >= 0.3 is 0 Å². The van der Waals surface area contributed by atoms with Gasteiger partial charge in [0.05, 0.1) is 0 Å². The van der Waals surface area contributed by atoms with Crippen molar-refractivity contribution >= 4 is 11.6 Å². The number of aryl methyl sites for hydroxylation is 1. The molecule has 2 nitrogen and oxygen atoms in total. The number of hydrogen-bond acceptors (Lipinski definition) is 2. The van der Waals surface area contributed by atoms with E-state index in [1.54, 1.807) is 0 Å². The Morgan fingerprint density at radius 3 is 1.79 bits per heavy atom. The number of allylic oxidation sites excluding steroid dienone is 1. The summed E-state index contributed by atoms with van der Waals surface area (Å²) in [5.74, 6) is 0.500. The minimum absolute atomic E-state index is 0.0927. The third kappa shape index (κ3) is 10.3. The summed E-state index contributed by atoms with van der Waals surface area (Å²) in [6.07, 6.45) is 17.4. The van der Waals surface area contributed by atoms with Gasteiger partial charge in [0.25, 0.3) is 0 Å². The first-order chi connectivity index (χ1) is 16.2. The topological polar surface area (TPSA) is 34.1 Å². The quantitative estimate of drug-likeness (QED) is 0.131. The Labute approximate surface area is 201 Å². The van der Waals surface area contributed by atoms with E-state index in [9.17, 15) is 9.59 Å². The van der Waals surface area contributed by atoms with Gasteiger partial charge in [-0.1, -0.05) is 126 Å². The molecule has 0 fully saturated rings. The molecule has 0 aromatic heterocycles. The second-order valence-corrected chi connectivity index (χ2v) is 9.18. The first-order valence-electron chi connectivity index (χ1n) is 13.0. The van der Waals surface area contributed by atoms with Crippen molar-refractivity contribution in [2.75, 3.05) is 0 Å². The molecule has 2 rings (SSSR count). The van der Waals surface area contributed by atoms with Gasteiger partial charge in [0, 0.05) is 17.0 Å². The van der Waals surface area contributed by atoms with Crippen LogP contribution in [0.5, 0.6) is 0 Å². The van der Waals surface area contributed by atoms with E-state index in [2.05, 4.69) is 25.6 Å². The van der Waals surface area contributed by atoms with Crippen molar-refractivity contribution in [1.82, 2.24) is 0 Å². The van der Waals surface area contributed by atoms with Gasteiger partial charge in [0.15, 0.2) is 11.6 Å². The average molecular weight is 447 g/mol. The molecule has 0 aliphatic carbocycles. The molecule has 0 aliphatic rings. The second kappa shape index (κ2) is 16.2. The number of hydrogen-bond donors (Lipinski definition) is 0. The predicted molar refractivity (Wildman–Crippen MR) is 140 cm³/mol. The highest BCUT2D eigenvalue weighted by Crippen LogP contribution is 2.18. The Bertz CT molecular complexity index is 820. The minimum atomic E-state index is 0.0927. The van der Waals surface area contributed by atoms with Crippen molar-refractivity contribution in [2.24, 2.45) is 5.92 Å². The van der Waals surface area contributed by atoms with Crippen LogP contribution in [0.2, 0.25) is 0 Å². The highest BCUT2D eigenvalue weighted by molar-refractivity contribution is 6.08.